The van der Waals surface area contributed by atoms with E-state index in [1.807, 2.05) is 104 Å². The van der Waals surface area contributed by atoms with Gasteiger partial charge in [-0.15, -0.1) is 0 Å². The molecule has 1 N–H and O–H groups in total. The van der Waals surface area contributed by atoms with Gasteiger partial charge in [-0.25, -0.2) is 4.98 Å². The molecule has 0 aliphatic heterocycles. The zero-order valence-corrected chi connectivity index (χ0v) is 19.6. The van der Waals surface area contributed by atoms with E-state index in [0.29, 0.717) is 11.5 Å². The second-order valence-electron chi connectivity index (χ2n) is 8.47. The minimum absolute atomic E-state index is 0.0766. The summed E-state index contributed by atoms with van der Waals surface area (Å²) in [7, 11) is 0. The molecule has 1 heterocycles. The first-order chi connectivity index (χ1) is 16.4. The van der Waals surface area contributed by atoms with Gasteiger partial charge in [-0.05, 0) is 50.6 Å². The third-order valence-electron chi connectivity index (χ3n) is 5.53. The highest BCUT2D eigenvalue weighted by Gasteiger charge is 2.23. The fraction of sp³-hybridized carbons (Fsp3) is 0.179. The van der Waals surface area contributed by atoms with Crippen LogP contribution in [0, 0.1) is 6.92 Å². The van der Waals surface area contributed by atoms with Crippen LogP contribution in [0.25, 0.3) is 16.9 Å². The highest BCUT2D eigenvalue weighted by Crippen LogP contribution is 2.25. The van der Waals surface area contributed by atoms with Gasteiger partial charge in [-0.3, -0.25) is 19.5 Å². The molecule has 0 unspecified atom stereocenters. The van der Waals surface area contributed by atoms with Gasteiger partial charge in [0.05, 0.1) is 5.69 Å². The predicted molar refractivity (Wildman–Crippen MR) is 135 cm³/mol. The Balaban J connectivity index is 1.62. The van der Waals surface area contributed by atoms with Crippen molar-refractivity contribution in [3.05, 3.63) is 102 Å². The average molecular weight is 453 g/mol. The molecule has 172 valence electrons. The Morgan fingerprint density at radius 3 is 2.26 bits per heavy atom. The highest BCUT2D eigenvalue weighted by atomic mass is 16.2. The van der Waals surface area contributed by atoms with Crippen LogP contribution >= 0.6 is 0 Å². The highest BCUT2D eigenvalue weighted by molar-refractivity contribution is 5.99. The molecule has 0 aliphatic carbocycles. The second-order valence-corrected chi connectivity index (χ2v) is 8.47. The summed E-state index contributed by atoms with van der Waals surface area (Å²) < 4.78 is 1.87. The Morgan fingerprint density at radius 2 is 1.62 bits per heavy atom. The van der Waals surface area contributed by atoms with E-state index in [2.05, 4.69) is 5.32 Å². The number of anilines is 1. The molecule has 4 aromatic rings. The van der Waals surface area contributed by atoms with Crippen molar-refractivity contribution in [1.29, 1.82) is 0 Å². The van der Waals surface area contributed by atoms with Crippen LogP contribution in [0.5, 0.6) is 0 Å². The minimum Gasteiger partial charge on any atom is -0.327 e. The SMILES string of the molecule is Cc1cccc(-n2cc(-c3ccccc3)nc2NC(=O)CN(C(=O)c2ccccc2)C(C)C)c1. The molecule has 0 fully saturated rings. The number of nitrogens with one attached hydrogen (secondary N) is 1. The Kier molecular flexibility index (Phi) is 6.87. The normalized spacial score (nSPS) is 10.8. The van der Waals surface area contributed by atoms with Crippen molar-refractivity contribution < 1.29 is 9.59 Å². The van der Waals surface area contributed by atoms with E-state index < -0.39 is 0 Å². The van der Waals surface area contributed by atoms with Crippen LogP contribution in [0.15, 0.2) is 91.1 Å². The molecule has 34 heavy (non-hydrogen) atoms. The number of benzene rings is 3. The van der Waals surface area contributed by atoms with Crippen LogP contribution in [0.3, 0.4) is 0 Å². The molecule has 0 atom stereocenters. The smallest absolute Gasteiger partial charge is 0.254 e. The van der Waals surface area contributed by atoms with Crippen LogP contribution in [0.1, 0.15) is 29.8 Å². The number of rotatable bonds is 7. The average Bonchev–Trinajstić information content (AvgIpc) is 3.27. The van der Waals surface area contributed by atoms with Crippen molar-refractivity contribution in [3.63, 3.8) is 0 Å². The number of imidazole rings is 1. The monoisotopic (exact) mass is 452 g/mol. The molecule has 2 amide bonds. The molecule has 0 radical (unpaired) electrons. The minimum atomic E-state index is -0.308. The van der Waals surface area contributed by atoms with E-state index in [1.54, 1.807) is 17.0 Å². The molecule has 0 saturated heterocycles. The topological polar surface area (TPSA) is 67.2 Å². The summed E-state index contributed by atoms with van der Waals surface area (Å²) in [5.41, 5.74) is 4.25. The summed E-state index contributed by atoms with van der Waals surface area (Å²) >= 11 is 0. The van der Waals surface area contributed by atoms with Gasteiger partial charge in [0.2, 0.25) is 11.9 Å². The molecule has 3 aromatic carbocycles. The Morgan fingerprint density at radius 1 is 0.941 bits per heavy atom. The molecule has 6 nitrogen and oxygen atoms in total. The summed E-state index contributed by atoms with van der Waals surface area (Å²) in [4.78, 5) is 32.4. The third-order valence-corrected chi connectivity index (χ3v) is 5.53. The van der Waals surface area contributed by atoms with Crippen LogP contribution in [0.2, 0.25) is 0 Å². The largest absolute Gasteiger partial charge is 0.327 e. The first kappa shape index (κ1) is 23.0. The maximum Gasteiger partial charge on any atom is 0.254 e. The van der Waals surface area contributed by atoms with Gasteiger partial charge in [0.15, 0.2) is 0 Å². The van der Waals surface area contributed by atoms with Crippen molar-refractivity contribution in [3.8, 4) is 16.9 Å². The van der Waals surface area contributed by atoms with E-state index in [1.165, 1.54) is 0 Å². The van der Waals surface area contributed by atoms with Crippen molar-refractivity contribution >= 4 is 17.8 Å². The van der Waals surface area contributed by atoms with Gasteiger partial charge in [0.1, 0.15) is 6.54 Å². The molecule has 4 rings (SSSR count). The summed E-state index contributed by atoms with van der Waals surface area (Å²) in [6.07, 6.45) is 1.91. The Hall–Kier alpha value is -4.19. The summed E-state index contributed by atoms with van der Waals surface area (Å²) in [6.45, 7) is 5.74. The number of aryl methyl sites for hydroxylation is 1. The number of carbonyl (C=O) groups is 2. The molecular weight excluding hydrogens is 424 g/mol. The van der Waals surface area contributed by atoms with Gasteiger partial charge in [-0.1, -0.05) is 60.7 Å². The fourth-order valence-electron chi connectivity index (χ4n) is 3.75. The third kappa shape index (κ3) is 5.23. The van der Waals surface area contributed by atoms with Gasteiger partial charge < -0.3 is 4.90 Å². The lowest BCUT2D eigenvalue weighted by molar-refractivity contribution is -0.117. The van der Waals surface area contributed by atoms with E-state index >= 15 is 0 Å². The zero-order valence-electron chi connectivity index (χ0n) is 19.6. The first-order valence-corrected chi connectivity index (χ1v) is 11.3. The molecule has 6 heteroatoms. The second kappa shape index (κ2) is 10.2. The lowest BCUT2D eigenvalue weighted by Crippen LogP contribution is -2.42. The van der Waals surface area contributed by atoms with Crippen molar-refractivity contribution in [1.82, 2.24) is 14.5 Å². The number of nitrogens with zero attached hydrogens (tertiary/aromatic N) is 3. The number of hydrogen-bond donors (Lipinski definition) is 1. The number of carbonyl (C=O) groups excluding carboxylic acids is 2. The summed E-state index contributed by atoms with van der Waals surface area (Å²) in [6, 6.07) is 26.7. The molecule has 1 aromatic heterocycles. The molecule has 0 spiro atoms. The van der Waals surface area contributed by atoms with Crippen molar-refractivity contribution in [2.75, 3.05) is 11.9 Å². The standard InChI is InChI=1S/C28H28N4O2/c1-20(2)31(27(34)23-14-8-5-9-15-23)19-26(33)30-28-29-25(22-12-6-4-7-13-22)18-32(28)24-16-10-11-21(3)17-24/h4-18,20H,19H2,1-3H3,(H,29,30,33). The van der Waals surface area contributed by atoms with E-state index in [0.717, 1.165) is 22.5 Å². The van der Waals surface area contributed by atoms with Crippen LogP contribution < -0.4 is 5.32 Å². The van der Waals surface area contributed by atoms with Crippen LogP contribution in [0.4, 0.5) is 5.95 Å². The maximum atomic E-state index is 13.1. The lowest BCUT2D eigenvalue weighted by Gasteiger charge is -2.26. The van der Waals surface area contributed by atoms with Gasteiger partial charge in [-0.2, -0.15) is 0 Å². The van der Waals surface area contributed by atoms with Crippen molar-refractivity contribution in [2.45, 2.75) is 26.8 Å². The molecule has 0 aliphatic rings. The van der Waals surface area contributed by atoms with Crippen LogP contribution in [-0.2, 0) is 4.79 Å². The zero-order chi connectivity index (χ0) is 24.1. The first-order valence-electron chi connectivity index (χ1n) is 11.3. The van der Waals surface area contributed by atoms with Crippen LogP contribution in [-0.4, -0.2) is 38.9 Å². The maximum absolute atomic E-state index is 13.1. The van der Waals surface area contributed by atoms with E-state index in [-0.39, 0.29) is 24.4 Å². The molecule has 0 saturated carbocycles. The predicted octanol–water partition coefficient (Wildman–Crippen LogP) is 5.34. The molecule has 0 bridgehead atoms. The van der Waals surface area contributed by atoms with Crippen molar-refractivity contribution in [2.24, 2.45) is 0 Å². The fourth-order valence-corrected chi connectivity index (χ4v) is 3.75. The Bertz CT molecular complexity index is 1280. The van der Waals surface area contributed by atoms with E-state index in [4.69, 9.17) is 4.98 Å². The molecular formula is C28H28N4O2. The summed E-state index contributed by atoms with van der Waals surface area (Å²) in [5.74, 6) is -0.0832. The number of amides is 2. The number of aromatic nitrogens is 2. The number of hydrogen-bond acceptors (Lipinski definition) is 3. The Labute approximate surface area is 199 Å². The van der Waals surface area contributed by atoms with Gasteiger partial charge >= 0.3 is 0 Å². The lowest BCUT2D eigenvalue weighted by atomic mass is 10.1. The van der Waals surface area contributed by atoms with Gasteiger partial charge in [0, 0.05) is 29.1 Å². The summed E-state index contributed by atoms with van der Waals surface area (Å²) in [5, 5.41) is 2.93. The van der Waals surface area contributed by atoms with E-state index in [9.17, 15) is 9.59 Å². The quantitative estimate of drug-likeness (QED) is 0.412. The van der Waals surface area contributed by atoms with Gasteiger partial charge in [0.25, 0.3) is 5.91 Å².